The number of aliphatic hydroxyl groups excluding tert-OH is 1. The minimum absolute atomic E-state index is 0.528. The highest BCUT2D eigenvalue weighted by molar-refractivity contribution is 6.40. The molecule has 0 spiro atoms. The first-order valence-corrected chi connectivity index (χ1v) is 7.32. The molecule has 0 radical (unpaired) electrons. The van der Waals surface area contributed by atoms with Crippen LogP contribution >= 0.6 is 23.2 Å². The predicted molar refractivity (Wildman–Crippen MR) is 88.2 cm³/mol. The standard InChI is InChI=1S/C16H12Cl2N2O2/c1-20-13-7-6-11(18)8-12(13)14(19-15(21)16(20)22)9-2-4-10(17)5-3-9/h2-8,14H,1H3,(H,19,21). The van der Waals surface area contributed by atoms with Gasteiger partial charge in [0.1, 0.15) is 6.04 Å². The van der Waals surface area contributed by atoms with Crippen LogP contribution in [0.1, 0.15) is 17.2 Å². The Kier molecular flexibility index (Phi) is 3.81. The molecule has 0 aromatic heterocycles. The van der Waals surface area contributed by atoms with Crippen LogP contribution in [0.4, 0.5) is 5.69 Å². The smallest absolute Gasteiger partial charge is 0.312 e. The Bertz CT molecular complexity index is 772. The van der Waals surface area contributed by atoms with Crippen LogP contribution in [-0.4, -0.2) is 24.0 Å². The zero-order chi connectivity index (χ0) is 15.9. The molecule has 0 bridgehead atoms. The molecule has 0 saturated heterocycles. The van der Waals surface area contributed by atoms with Crippen LogP contribution in [0.3, 0.4) is 0 Å². The molecule has 4 nitrogen and oxygen atoms in total. The Hall–Kier alpha value is -2.04. The van der Waals surface area contributed by atoms with Crippen molar-refractivity contribution in [3.8, 4) is 0 Å². The fourth-order valence-electron chi connectivity index (χ4n) is 2.46. The van der Waals surface area contributed by atoms with Gasteiger partial charge in [0.15, 0.2) is 0 Å². The highest BCUT2D eigenvalue weighted by Gasteiger charge is 2.29. The van der Waals surface area contributed by atoms with E-state index in [1.165, 1.54) is 4.90 Å². The van der Waals surface area contributed by atoms with Crippen molar-refractivity contribution in [2.45, 2.75) is 6.04 Å². The number of hydrogen-bond donors (Lipinski definition) is 1. The second kappa shape index (κ2) is 5.63. The van der Waals surface area contributed by atoms with E-state index in [-0.39, 0.29) is 0 Å². The lowest BCUT2D eigenvalue weighted by Crippen LogP contribution is -2.32. The maximum absolute atomic E-state index is 12.1. The molecule has 2 aromatic rings. The summed E-state index contributed by atoms with van der Waals surface area (Å²) in [5.74, 6) is -1.09. The number of nitrogens with zero attached hydrogens (tertiary/aromatic N) is 2. The number of benzene rings is 2. The van der Waals surface area contributed by atoms with Crippen molar-refractivity contribution in [3.05, 3.63) is 63.6 Å². The molecular weight excluding hydrogens is 323 g/mol. The summed E-state index contributed by atoms with van der Waals surface area (Å²) in [5.41, 5.74) is 2.21. The minimum atomic E-state index is -0.556. The van der Waals surface area contributed by atoms with Gasteiger partial charge in [-0.1, -0.05) is 35.3 Å². The molecule has 3 rings (SSSR count). The molecule has 6 heteroatoms. The van der Waals surface area contributed by atoms with Crippen molar-refractivity contribution in [1.82, 2.24) is 0 Å². The van der Waals surface area contributed by atoms with Crippen LogP contribution in [0, 0.1) is 0 Å². The molecule has 1 amide bonds. The van der Waals surface area contributed by atoms with Crippen LogP contribution in [0.15, 0.2) is 47.5 Å². The van der Waals surface area contributed by atoms with Gasteiger partial charge in [-0.05, 0) is 35.9 Å². The summed E-state index contributed by atoms with van der Waals surface area (Å²) in [7, 11) is 1.59. The van der Waals surface area contributed by atoms with Crippen LogP contribution in [0.25, 0.3) is 0 Å². The van der Waals surface area contributed by atoms with E-state index in [0.29, 0.717) is 15.7 Å². The van der Waals surface area contributed by atoms with Gasteiger partial charge in [0.25, 0.3) is 5.90 Å². The molecular formula is C16H12Cl2N2O2. The van der Waals surface area contributed by atoms with Crippen molar-refractivity contribution in [2.24, 2.45) is 4.99 Å². The normalized spacial score (nSPS) is 17.8. The molecule has 112 valence electrons. The molecule has 1 N–H and O–H groups in total. The molecule has 22 heavy (non-hydrogen) atoms. The topological polar surface area (TPSA) is 52.9 Å². The van der Waals surface area contributed by atoms with Crippen LogP contribution in [-0.2, 0) is 4.79 Å². The highest BCUT2D eigenvalue weighted by Crippen LogP contribution is 2.37. The molecule has 1 atom stereocenters. The average Bonchev–Trinajstić information content (AvgIpc) is 2.59. The lowest BCUT2D eigenvalue weighted by atomic mass is 9.97. The number of fused-ring (bicyclic) bond motifs is 1. The lowest BCUT2D eigenvalue weighted by Gasteiger charge is -2.19. The van der Waals surface area contributed by atoms with E-state index < -0.39 is 17.8 Å². The van der Waals surface area contributed by atoms with Gasteiger partial charge >= 0.3 is 5.91 Å². The number of anilines is 1. The number of rotatable bonds is 1. The van der Waals surface area contributed by atoms with Crippen LogP contribution in [0.5, 0.6) is 0 Å². The zero-order valence-electron chi connectivity index (χ0n) is 11.6. The first kappa shape index (κ1) is 14.9. The Morgan fingerprint density at radius 2 is 1.73 bits per heavy atom. The monoisotopic (exact) mass is 334 g/mol. The highest BCUT2D eigenvalue weighted by atomic mass is 35.5. The van der Waals surface area contributed by atoms with E-state index in [0.717, 1.165) is 11.1 Å². The maximum Gasteiger partial charge on any atom is 0.312 e. The van der Waals surface area contributed by atoms with E-state index in [9.17, 15) is 9.90 Å². The summed E-state index contributed by atoms with van der Waals surface area (Å²) < 4.78 is 0. The van der Waals surface area contributed by atoms with Gasteiger partial charge in [-0.15, -0.1) is 0 Å². The van der Waals surface area contributed by atoms with Crippen molar-refractivity contribution in [3.63, 3.8) is 0 Å². The first-order chi connectivity index (χ1) is 10.5. The van der Waals surface area contributed by atoms with Gasteiger partial charge in [-0.25, -0.2) is 4.99 Å². The van der Waals surface area contributed by atoms with Gasteiger partial charge < -0.3 is 10.0 Å². The molecule has 0 saturated carbocycles. The second-order valence-corrected chi connectivity index (χ2v) is 5.85. The molecule has 0 aliphatic carbocycles. The van der Waals surface area contributed by atoms with Gasteiger partial charge in [0, 0.05) is 28.3 Å². The van der Waals surface area contributed by atoms with E-state index >= 15 is 0 Å². The van der Waals surface area contributed by atoms with E-state index in [1.54, 1.807) is 37.4 Å². The lowest BCUT2D eigenvalue weighted by molar-refractivity contribution is -0.113. The third kappa shape index (κ3) is 2.56. The molecule has 1 aliphatic rings. The summed E-state index contributed by atoms with van der Waals surface area (Å²) in [5, 5.41) is 11.1. The van der Waals surface area contributed by atoms with Crippen molar-refractivity contribution in [1.29, 1.82) is 0 Å². The van der Waals surface area contributed by atoms with Crippen LogP contribution < -0.4 is 4.90 Å². The summed E-state index contributed by atoms with van der Waals surface area (Å²) in [6.45, 7) is 0. The third-order valence-corrected chi connectivity index (χ3v) is 4.07. The number of carbonyl (C=O) groups excluding carboxylic acids is 1. The summed E-state index contributed by atoms with van der Waals surface area (Å²) >= 11 is 12.0. The number of aliphatic hydroxyl groups is 1. The molecule has 1 aliphatic heterocycles. The first-order valence-electron chi connectivity index (χ1n) is 6.57. The zero-order valence-corrected chi connectivity index (χ0v) is 13.1. The second-order valence-electron chi connectivity index (χ2n) is 4.97. The molecule has 1 heterocycles. The Labute approximate surface area is 137 Å². The quantitative estimate of drug-likeness (QED) is 0.856. The number of aliphatic imine (C=N–C) groups is 1. The van der Waals surface area contributed by atoms with E-state index in [2.05, 4.69) is 4.99 Å². The minimum Gasteiger partial charge on any atom is -0.490 e. The summed E-state index contributed by atoms with van der Waals surface area (Å²) in [6.07, 6.45) is 0. The fraction of sp³-hybridized carbons (Fsp3) is 0.125. The Balaban J connectivity index is 2.23. The Morgan fingerprint density at radius 1 is 1.09 bits per heavy atom. The number of hydrogen-bond acceptors (Lipinski definition) is 2. The molecule has 2 aromatic carbocycles. The van der Waals surface area contributed by atoms with Gasteiger partial charge in [0.05, 0.1) is 0 Å². The van der Waals surface area contributed by atoms with E-state index in [1.807, 2.05) is 12.1 Å². The van der Waals surface area contributed by atoms with Gasteiger partial charge in [-0.2, -0.15) is 0 Å². The van der Waals surface area contributed by atoms with Gasteiger partial charge in [0.2, 0.25) is 0 Å². The number of carbonyl (C=O) groups is 1. The van der Waals surface area contributed by atoms with Crippen molar-refractivity contribution >= 4 is 40.7 Å². The molecule has 0 fully saturated rings. The number of likely N-dealkylation sites (N-methyl/N-ethyl adjacent to an activating group) is 1. The summed E-state index contributed by atoms with van der Waals surface area (Å²) in [6, 6.07) is 11.8. The van der Waals surface area contributed by atoms with E-state index in [4.69, 9.17) is 23.2 Å². The predicted octanol–water partition coefficient (Wildman–Crippen LogP) is 4.02. The van der Waals surface area contributed by atoms with Crippen molar-refractivity contribution in [2.75, 3.05) is 11.9 Å². The van der Waals surface area contributed by atoms with Crippen LogP contribution in [0.2, 0.25) is 10.0 Å². The number of amides is 1. The SMILES string of the molecule is CN1C(=O)C(O)=NC(c2ccc(Cl)cc2)c2cc(Cl)ccc21. The third-order valence-electron chi connectivity index (χ3n) is 3.58. The number of halogens is 2. The Morgan fingerprint density at radius 3 is 2.41 bits per heavy atom. The van der Waals surface area contributed by atoms with Crippen molar-refractivity contribution < 1.29 is 9.90 Å². The molecule has 1 unspecified atom stereocenters. The fourth-order valence-corrected chi connectivity index (χ4v) is 2.76. The van der Waals surface area contributed by atoms with Gasteiger partial charge in [-0.3, -0.25) is 4.79 Å². The largest absolute Gasteiger partial charge is 0.490 e. The average molecular weight is 335 g/mol. The maximum atomic E-state index is 12.1. The summed E-state index contributed by atoms with van der Waals surface area (Å²) in [4.78, 5) is 17.6.